The van der Waals surface area contributed by atoms with Crippen molar-refractivity contribution >= 4 is 18.3 Å². The Bertz CT molecular complexity index is 862. The molecule has 0 saturated carbocycles. The normalized spacial score (nSPS) is 22.8. The number of piperidine rings is 1. The van der Waals surface area contributed by atoms with Crippen LogP contribution < -0.4 is 5.32 Å². The molecule has 1 aromatic heterocycles. The van der Waals surface area contributed by atoms with E-state index in [9.17, 15) is 4.79 Å². The molecule has 7 heteroatoms. The Hall–Kier alpha value is -2.02. The second-order valence-corrected chi connectivity index (χ2v) is 8.00. The van der Waals surface area contributed by atoms with Crippen LogP contribution in [-0.4, -0.2) is 53.1 Å². The monoisotopic (exact) mass is 414 g/mol. The van der Waals surface area contributed by atoms with Crippen molar-refractivity contribution in [3.05, 3.63) is 47.8 Å². The van der Waals surface area contributed by atoms with E-state index in [2.05, 4.69) is 10.3 Å². The van der Waals surface area contributed by atoms with Crippen LogP contribution in [0.4, 0.5) is 0 Å². The van der Waals surface area contributed by atoms with Gasteiger partial charge in [-0.3, -0.25) is 4.79 Å². The van der Waals surface area contributed by atoms with E-state index >= 15 is 0 Å². The maximum atomic E-state index is 12.8. The van der Waals surface area contributed by atoms with Crippen LogP contribution >= 0.6 is 12.4 Å². The lowest BCUT2D eigenvalue weighted by Gasteiger charge is -2.44. The SMILES string of the molecule is Cl.O=C(C1CCCN1)N1CCC2(CC1)OCCc1cnc(-c3ccccc3)nc12. The molecule has 2 aromatic rings. The largest absolute Gasteiger partial charge is 0.368 e. The third-order valence-corrected chi connectivity index (χ3v) is 6.32. The number of benzene rings is 1. The number of halogens is 1. The van der Waals surface area contributed by atoms with Crippen molar-refractivity contribution in [2.75, 3.05) is 26.2 Å². The Morgan fingerprint density at radius 3 is 2.72 bits per heavy atom. The first-order chi connectivity index (χ1) is 13.8. The van der Waals surface area contributed by atoms with E-state index in [1.165, 1.54) is 5.56 Å². The fourth-order valence-corrected chi connectivity index (χ4v) is 4.72. The van der Waals surface area contributed by atoms with Gasteiger partial charge < -0.3 is 15.0 Å². The Labute approximate surface area is 177 Å². The minimum Gasteiger partial charge on any atom is -0.368 e. The predicted molar refractivity (Wildman–Crippen MR) is 113 cm³/mol. The van der Waals surface area contributed by atoms with Gasteiger partial charge in [-0.05, 0) is 44.2 Å². The van der Waals surface area contributed by atoms with Crippen LogP contribution in [0.1, 0.15) is 36.9 Å². The number of hydrogen-bond acceptors (Lipinski definition) is 5. The highest BCUT2D eigenvalue weighted by atomic mass is 35.5. The molecule has 1 amide bonds. The van der Waals surface area contributed by atoms with Crippen LogP contribution in [0.25, 0.3) is 11.4 Å². The van der Waals surface area contributed by atoms with Gasteiger partial charge in [0.05, 0.1) is 18.3 Å². The number of carbonyl (C=O) groups excluding carboxylic acids is 1. The molecular formula is C22H27ClN4O2. The van der Waals surface area contributed by atoms with Gasteiger partial charge in [0.1, 0.15) is 5.60 Å². The first kappa shape index (κ1) is 20.3. The highest BCUT2D eigenvalue weighted by molar-refractivity contribution is 5.85. The number of ether oxygens (including phenoxy) is 1. The standard InChI is InChI=1S/C22H26N4O2.ClH/c27-21(18-7-4-11-23-18)26-12-9-22(10-13-26)19-17(8-14-28-22)15-24-20(25-19)16-5-2-1-3-6-16;/h1-3,5-6,15,18,23H,4,7-14H2;1H. The van der Waals surface area contributed by atoms with Gasteiger partial charge in [0.15, 0.2) is 5.82 Å². The van der Waals surface area contributed by atoms with Crippen molar-refractivity contribution in [1.82, 2.24) is 20.2 Å². The maximum absolute atomic E-state index is 12.8. The smallest absolute Gasteiger partial charge is 0.239 e. The summed E-state index contributed by atoms with van der Waals surface area (Å²) < 4.78 is 6.33. The minimum absolute atomic E-state index is 0. The van der Waals surface area contributed by atoms with E-state index in [0.717, 1.165) is 68.8 Å². The van der Waals surface area contributed by atoms with E-state index in [-0.39, 0.29) is 30.0 Å². The molecule has 3 aliphatic rings. The Balaban J connectivity index is 0.00000205. The molecule has 3 aliphatic heterocycles. The second kappa shape index (κ2) is 8.38. The fourth-order valence-electron chi connectivity index (χ4n) is 4.72. The third-order valence-electron chi connectivity index (χ3n) is 6.32. The number of rotatable bonds is 2. The molecule has 154 valence electrons. The van der Waals surface area contributed by atoms with Gasteiger partial charge in [0.25, 0.3) is 0 Å². The van der Waals surface area contributed by atoms with E-state index in [4.69, 9.17) is 9.72 Å². The van der Waals surface area contributed by atoms with Crippen LogP contribution in [0.15, 0.2) is 36.5 Å². The van der Waals surface area contributed by atoms with Gasteiger partial charge in [-0.15, -0.1) is 12.4 Å². The zero-order valence-corrected chi connectivity index (χ0v) is 17.3. The first-order valence-electron chi connectivity index (χ1n) is 10.3. The summed E-state index contributed by atoms with van der Waals surface area (Å²) >= 11 is 0. The van der Waals surface area contributed by atoms with E-state index in [0.29, 0.717) is 6.61 Å². The molecule has 0 bridgehead atoms. The first-order valence-corrected chi connectivity index (χ1v) is 10.3. The number of hydrogen-bond donors (Lipinski definition) is 1. The lowest BCUT2D eigenvalue weighted by molar-refractivity contribution is -0.143. The average molecular weight is 415 g/mol. The quantitative estimate of drug-likeness (QED) is 0.818. The van der Waals surface area contributed by atoms with Gasteiger partial charge in [-0.1, -0.05) is 30.3 Å². The second-order valence-electron chi connectivity index (χ2n) is 8.00. The third kappa shape index (κ3) is 3.77. The van der Waals surface area contributed by atoms with Crippen LogP contribution in [-0.2, 0) is 21.6 Å². The number of carbonyl (C=O) groups is 1. The molecule has 1 atom stereocenters. The fraction of sp³-hybridized carbons (Fsp3) is 0.500. The Morgan fingerprint density at radius 2 is 2.00 bits per heavy atom. The number of nitrogens with one attached hydrogen (secondary N) is 1. The van der Waals surface area contributed by atoms with Crippen LogP contribution in [0.5, 0.6) is 0 Å². The lowest BCUT2D eigenvalue weighted by atomic mass is 9.83. The molecule has 0 radical (unpaired) electrons. The van der Waals surface area contributed by atoms with Crippen molar-refractivity contribution < 1.29 is 9.53 Å². The van der Waals surface area contributed by atoms with Crippen molar-refractivity contribution in [2.45, 2.75) is 43.7 Å². The van der Waals surface area contributed by atoms with E-state index in [1.807, 2.05) is 41.4 Å². The molecular weight excluding hydrogens is 388 g/mol. The number of aromatic nitrogens is 2. The van der Waals surface area contributed by atoms with Crippen LogP contribution in [0, 0.1) is 0 Å². The summed E-state index contributed by atoms with van der Waals surface area (Å²) in [5.74, 6) is 0.994. The minimum atomic E-state index is -0.389. The average Bonchev–Trinajstić information content (AvgIpc) is 3.30. The molecule has 1 aromatic carbocycles. The number of nitrogens with zero attached hydrogens (tertiary/aromatic N) is 3. The molecule has 1 spiro atoms. The molecule has 4 heterocycles. The van der Waals surface area contributed by atoms with Crippen molar-refractivity contribution in [3.63, 3.8) is 0 Å². The number of fused-ring (bicyclic) bond motifs is 2. The van der Waals surface area contributed by atoms with Crippen LogP contribution in [0.3, 0.4) is 0 Å². The summed E-state index contributed by atoms with van der Waals surface area (Å²) in [5.41, 5.74) is 2.84. The number of likely N-dealkylation sites (tertiary alicyclic amines) is 1. The summed E-state index contributed by atoms with van der Waals surface area (Å²) in [6, 6.07) is 10.1. The summed E-state index contributed by atoms with van der Waals surface area (Å²) in [7, 11) is 0. The van der Waals surface area contributed by atoms with Gasteiger partial charge in [-0.2, -0.15) is 0 Å². The van der Waals surface area contributed by atoms with E-state index < -0.39 is 0 Å². The van der Waals surface area contributed by atoms with Gasteiger partial charge in [-0.25, -0.2) is 9.97 Å². The van der Waals surface area contributed by atoms with Crippen molar-refractivity contribution in [2.24, 2.45) is 0 Å². The zero-order chi connectivity index (χ0) is 19.0. The van der Waals surface area contributed by atoms with Gasteiger partial charge >= 0.3 is 0 Å². The molecule has 5 rings (SSSR count). The molecule has 6 nitrogen and oxygen atoms in total. The van der Waals surface area contributed by atoms with Gasteiger partial charge in [0, 0.05) is 24.8 Å². The molecule has 0 aliphatic carbocycles. The van der Waals surface area contributed by atoms with Crippen LogP contribution in [0.2, 0.25) is 0 Å². The number of amides is 1. The maximum Gasteiger partial charge on any atom is 0.239 e. The lowest BCUT2D eigenvalue weighted by Crippen LogP contribution is -2.52. The molecule has 2 fully saturated rings. The summed E-state index contributed by atoms with van der Waals surface area (Å²) in [6.45, 7) is 3.09. The molecule has 1 unspecified atom stereocenters. The summed E-state index contributed by atoms with van der Waals surface area (Å²) in [5, 5.41) is 3.32. The van der Waals surface area contributed by atoms with Crippen molar-refractivity contribution in [3.8, 4) is 11.4 Å². The highest BCUT2D eigenvalue weighted by Crippen LogP contribution is 2.41. The molecule has 1 N–H and O–H groups in total. The Kier molecular flexibility index (Phi) is 5.86. The summed E-state index contributed by atoms with van der Waals surface area (Å²) in [6.07, 6.45) is 6.44. The zero-order valence-electron chi connectivity index (χ0n) is 16.5. The summed E-state index contributed by atoms with van der Waals surface area (Å²) in [4.78, 5) is 24.3. The molecule has 2 saturated heterocycles. The molecule has 29 heavy (non-hydrogen) atoms. The Morgan fingerprint density at radius 1 is 1.21 bits per heavy atom. The predicted octanol–water partition coefficient (Wildman–Crippen LogP) is 2.71. The van der Waals surface area contributed by atoms with E-state index in [1.54, 1.807) is 0 Å². The van der Waals surface area contributed by atoms with Gasteiger partial charge in [0.2, 0.25) is 5.91 Å². The van der Waals surface area contributed by atoms with Crippen molar-refractivity contribution in [1.29, 1.82) is 0 Å². The highest BCUT2D eigenvalue weighted by Gasteiger charge is 2.44. The topological polar surface area (TPSA) is 67.4 Å².